The number of hydrogen-bond donors (Lipinski definition) is 0. The van der Waals surface area contributed by atoms with Crippen molar-refractivity contribution in [3.8, 4) is 0 Å². The number of benzene rings is 2. The summed E-state index contributed by atoms with van der Waals surface area (Å²) in [6, 6.07) is 20.0. The molecule has 154 valence electrons. The number of ether oxygens (including phenoxy) is 1. The van der Waals surface area contributed by atoms with Crippen LogP contribution in [0.5, 0.6) is 0 Å². The number of likely N-dealkylation sites (tertiary alicyclic amines) is 1. The number of piperidine rings is 1. The number of carbonyl (C=O) groups is 2. The van der Waals surface area contributed by atoms with Crippen molar-refractivity contribution >= 4 is 11.9 Å². The highest BCUT2D eigenvalue weighted by Crippen LogP contribution is 2.28. The lowest BCUT2D eigenvalue weighted by Crippen LogP contribution is -2.45. The summed E-state index contributed by atoms with van der Waals surface area (Å²) in [7, 11) is 1.86. The van der Waals surface area contributed by atoms with Gasteiger partial charge in [0.25, 0.3) is 0 Å². The van der Waals surface area contributed by atoms with E-state index < -0.39 is 0 Å². The molecule has 0 saturated carbocycles. The third kappa shape index (κ3) is 5.45. The van der Waals surface area contributed by atoms with Gasteiger partial charge in [0, 0.05) is 13.6 Å². The van der Waals surface area contributed by atoms with Crippen molar-refractivity contribution in [3.63, 3.8) is 0 Å². The van der Waals surface area contributed by atoms with E-state index in [0.29, 0.717) is 19.7 Å². The number of amides is 1. The van der Waals surface area contributed by atoms with E-state index >= 15 is 0 Å². The Hall–Kier alpha value is -2.66. The van der Waals surface area contributed by atoms with Crippen LogP contribution >= 0.6 is 0 Å². The molecule has 1 fully saturated rings. The van der Waals surface area contributed by atoms with Gasteiger partial charge in [-0.05, 0) is 37.4 Å². The minimum absolute atomic E-state index is 0.0483. The minimum atomic E-state index is -0.149. The highest BCUT2D eigenvalue weighted by Gasteiger charge is 2.30. The monoisotopic (exact) mass is 394 g/mol. The molecule has 0 aromatic heterocycles. The Labute approximate surface area is 173 Å². The molecule has 1 aliphatic heterocycles. The molecule has 2 aromatic rings. The smallest absolute Gasteiger partial charge is 0.310 e. The lowest BCUT2D eigenvalue weighted by atomic mass is 9.96. The quantitative estimate of drug-likeness (QED) is 0.675. The topological polar surface area (TPSA) is 49.9 Å². The summed E-state index contributed by atoms with van der Waals surface area (Å²) < 4.78 is 5.18. The van der Waals surface area contributed by atoms with Gasteiger partial charge in [-0.25, -0.2) is 0 Å². The Morgan fingerprint density at radius 2 is 1.66 bits per heavy atom. The zero-order chi connectivity index (χ0) is 20.6. The Kier molecular flexibility index (Phi) is 7.42. The Morgan fingerprint density at radius 3 is 2.21 bits per heavy atom. The van der Waals surface area contributed by atoms with E-state index in [1.165, 1.54) is 0 Å². The Balaban J connectivity index is 1.72. The molecular formula is C24H30N2O3. The SMILES string of the molecule is CCOC(=O)C1CCCN(CC(=O)N(C)C(c2ccccc2)c2ccccc2)C1. The van der Waals surface area contributed by atoms with E-state index in [9.17, 15) is 9.59 Å². The van der Waals surface area contributed by atoms with E-state index in [1.54, 1.807) is 0 Å². The number of hydrogen-bond acceptors (Lipinski definition) is 4. The number of nitrogens with zero attached hydrogens (tertiary/aromatic N) is 2. The highest BCUT2D eigenvalue weighted by atomic mass is 16.5. The maximum atomic E-state index is 13.2. The number of rotatable bonds is 7. The van der Waals surface area contributed by atoms with Gasteiger partial charge in [0.1, 0.15) is 0 Å². The van der Waals surface area contributed by atoms with Crippen LogP contribution in [-0.2, 0) is 14.3 Å². The third-order valence-electron chi connectivity index (χ3n) is 5.50. The van der Waals surface area contributed by atoms with Crippen molar-refractivity contribution in [3.05, 3.63) is 71.8 Å². The molecule has 3 rings (SSSR count). The maximum Gasteiger partial charge on any atom is 0.310 e. The molecule has 1 aliphatic rings. The molecule has 0 aliphatic carbocycles. The first-order valence-electron chi connectivity index (χ1n) is 10.3. The molecule has 5 nitrogen and oxygen atoms in total. The second-order valence-electron chi connectivity index (χ2n) is 7.55. The maximum absolute atomic E-state index is 13.2. The van der Waals surface area contributed by atoms with Gasteiger partial charge in [-0.2, -0.15) is 0 Å². The van der Waals surface area contributed by atoms with Crippen LogP contribution in [0.15, 0.2) is 60.7 Å². The van der Waals surface area contributed by atoms with Crippen molar-refractivity contribution < 1.29 is 14.3 Å². The van der Waals surface area contributed by atoms with Crippen LogP contribution < -0.4 is 0 Å². The molecular weight excluding hydrogens is 364 g/mol. The van der Waals surface area contributed by atoms with Crippen molar-refractivity contribution in [2.24, 2.45) is 5.92 Å². The third-order valence-corrected chi connectivity index (χ3v) is 5.50. The first-order valence-corrected chi connectivity index (χ1v) is 10.3. The summed E-state index contributed by atoms with van der Waals surface area (Å²) in [6.07, 6.45) is 1.73. The first-order chi connectivity index (χ1) is 14.1. The number of likely N-dealkylation sites (N-methyl/N-ethyl adjacent to an activating group) is 1. The lowest BCUT2D eigenvalue weighted by molar-refractivity contribution is -0.150. The van der Waals surface area contributed by atoms with Crippen LogP contribution in [-0.4, -0.2) is 55.0 Å². The average molecular weight is 395 g/mol. The van der Waals surface area contributed by atoms with Crippen LogP contribution in [0.1, 0.15) is 36.9 Å². The van der Waals surface area contributed by atoms with E-state index in [0.717, 1.165) is 30.5 Å². The largest absolute Gasteiger partial charge is 0.466 e. The van der Waals surface area contributed by atoms with Crippen LogP contribution in [0, 0.1) is 5.92 Å². The van der Waals surface area contributed by atoms with Crippen LogP contribution in [0.3, 0.4) is 0 Å². The van der Waals surface area contributed by atoms with E-state index in [-0.39, 0.29) is 23.8 Å². The minimum Gasteiger partial charge on any atom is -0.466 e. The fraction of sp³-hybridized carbons (Fsp3) is 0.417. The molecule has 0 spiro atoms. The standard InChI is InChI=1S/C24H30N2O3/c1-3-29-24(28)21-15-10-16-26(17-21)18-22(27)25(2)23(19-11-6-4-7-12-19)20-13-8-5-9-14-20/h4-9,11-14,21,23H,3,10,15-18H2,1-2H3. The second-order valence-corrected chi connectivity index (χ2v) is 7.55. The number of carbonyl (C=O) groups excluding carboxylic acids is 2. The predicted molar refractivity (Wildman–Crippen MR) is 113 cm³/mol. The normalized spacial score (nSPS) is 17.1. The summed E-state index contributed by atoms with van der Waals surface area (Å²) in [6.45, 7) is 3.94. The summed E-state index contributed by atoms with van der Waals surface area (Å²) in [5, 5.41) is 0. The van der Waals surface area contributed by atoms with Gasteiger partial charge in [-0.3, -0.25) is 14.5 Å². The summed E-state index contributed by atoms with van der Waals surface area (Å²) in [4.78, 5) is 29.2. The van der Waals surface area contributed by atoms with E-state index in [1.807, 2.05) is 55.3 Å². The van der Waals surface area contributed by atoms with Crippen molar-refractivity contribution in [1.82, 2.24) is 9.80 Å². The summed E-state index contributed by atoms with van der Waals surface area (Å²) in [5.74, 6) is -0.238. The predicted octanol–water partition coefficient (Wildman–Crippen LogP) is 3.51. The van der Waals surface area contributed by atoms with Crippen molar-refractivity contribution in [2.45, 2.75) is 25.8 Å². The fourth-order valence-corrected chi connectivity index (χ4v) is 4.01. The van der Waals surface area contributed by atoms with Gasteiger partial charge in [0.15, 0.2) is 0 Å². The van der Waals surface area contributed by atoms with Gasteiger partial charge >= 0.3 is 5.97 Å². The molecule has 1 heterocycles. The molecule has 2 aromatic carbocycles. The number of esters is 1. The second kappa shape index (κ2) is 10.2. The molecule has 29 heavy (non-hydrogen) atoms. The summed E-state index contributed by atoms with van der Waals surface area (Å²) >= 11 is 0. The van der Waals surface area contributed by atoms with Gasteiger partial charge in [0.05, 0.1) is 25.1 Å². The highest BCUT2D eigenvalue weighted by molar-refractivity contribution is 5.79. The van der Waals surface area contributed by atoms with Crippen LogP contribution in [0.2, 0.25) is 0 Å². The van der Waals surface area contributed by atoms with Gasteiger partial charge in [-0.1, -0.05) is 60.7 Å². The zero-order valence-corrected chi connectivity index (χ0v) is 17.3. The zero-order valence-electron chi connectivity index (χ0n) is 17.3. The molecule has 0 N–H and O–H groups in total. The van der Waals surface area contributed by atoms with Gasteiger partial charge in [-0.15, -0.1) is 0 Å². The molecule has 1 unspecified atom stereocenters. The molecule has 0 bridgehead atoms. The van der Waals surface area contributed by atoms with Gasteiger partial charge < -0.3 is 9.64 Å². The van der Waals surface area contributed by atoms with Crippen molar-refractivity contribution in [1.29, 1.82) is 0 Å². The molecule has 0 radical (unpaired) electrons. The molecule has 1 atom stereocenters. The molecule has 1 saturated heterocycles. The summed E-state index contributed by atoms with van der Waals surface area (Å²) in [5.41, 5.74) is 2.16. The van der Waals surface area contributed by atoms with Crippen LogP contribution in [0.4, 0.5) is 0 Å². The van der Waals surface area contributed by atoms with E-state index in [4.69, 9.17) is 4.74 Å². The fourth-order valence-electron chi connectivity index (χ4n) is 4.01. The van der Waals surface area contributed by atoms with Crippen LogP contribution in [0.25, 0.3) is 0 Å². The Morgan fingerprint density at radius 1 is 1.07 bits per heavy atom. The molecule has 1 amide bonds. The van der Waals surface area contributed by atoms with Crippen molar-refractivity contribution in [2.75, 3.05) is 33.3 Å². The molecule has 5 heteroatoms. The van der Waals surface area contributed by atoms with E-state index in [2.05, 4.69) is 29.2 Å². The Bertz CT molecular complexity index is 755. The van der Waals surface area contributed by atoms with Gasteiger partial charge in [0.2, 0.25) is 5.91 Å². The average Bonchev–Trinajstić information content (AvgIpc) is 2.76. The lowest BCUT2D eigenvalue weighted by Gasteiger charge is -2.34. The first kappa shape index (κ1) is 21.1.